The molecular formula is C28H34F3N9O2S. The molecular weight excluding hydrogens is 583 g/mol. The second-order valence-corrected chi connectivity index (χ2v) is 13.0. The average Bonchev–Trinajstić information content (AvgIpc) is 3.46. The number of piperidine rings is 1. The first-order chi connectivity index (χ1) is 20.4. The van der Waals surface area contributed by atoms with E-state index in [1.165, 1.54) is 21.4 Å². The third kappa shape index (κ3) is 7.50. The molecule has 0 radical (unpaired) electrons. The van der Waals surface area contributed by atoms with Gasteiger partial charge in [0.05, 0.1) is 17.5 Å². The van der Waals surface area contributed by atoms with Crippen molar-refractivity contribution in [2.45, 2.75) is 31.5 Å². The number of likely N-dealkylation sites (N-methyl/N-ethyl adjacent to an activating group) is 1. The quantitative estimate of drug-likeness (QED) is 0.407. The molecule has 230 valence electrons. The molecule has 2 aliphatic heterocycles. The number of benzene rings is 1. The van der Waals surface area contributed by atoms with Gasteiger partial charge in [-0.3, -0.25) is 0 Å². The molecule has 4 heterocycles. The van der Waals surface area contributed by atoms with E-state index in [2.05, 4.69) is 43.2 Å². The largest absolute Gasteiger partial charge is 0.420 e. The van der Waals surface area contributed by atoms with E-state index in [9.17, 15) is 26.9 Å². The number of halogens is 3. The van der Waals surface area contributed by atoms with Crippen molar-refractivity contribution in [3.63, 3.8) is 0 Å². The number of aromatic nitrogens is 4. The molecule has 11 nitrogen and oxygen atoms in total. The minimum atomic E-state index is -4.72. The van der Waals surface area contributed by atoms with Gasteiger partial charge in [0.1, 0.15) is 29.3 Å². The highest BCUT2D eigenvalue weighted by Gasteiger charge is 2.36. The molecule has 5 rings (SSSR count). The highest BCUT2D eigenvalue weighted by Crippen LogP contribution is 2.36. The minimum absolute atomic E-state index is 0.00206. The van der Waals surface area contributed by atoms with Crippen molar-refractivity contribution >= 4 is 16.0 Å². The first kappa shape index (κ1) is 30.9. The molecule has 43 heavy (non-hydrogen) atoms. The lowest BCUT2D eigenvalue weighted by Crippen LogP contribution is -2.45. The molecule has 0 amide bonds. The standard InChI is InChI=1S/C28H34F3N9O2S/c1-37-11-13-38(14-12-37)8-5-20-3-4-25(21(15-20)16-32)39-18-24(34-19-39)26-23(28(29,30)31)17-33-27(36-26)35-22-6-9-40(10-7-22)43(2,41)42/h3-4,15,17-19,22H,5-14H2,1-2H3,(H,33,35,36). The van der Waals surface area contributed by atoms with Crippen LogP contribution in [-0.2, 0) is 22.6 Å². The summed E-state index contributed by atoms with van der Waals surface area (Å²) in [5, 5.41) is 12.9. The van der Waals surface area contributed by atoms with Crippen LogP contribution in [0.1, 0.15) is 29.5 Å². The monoisotopic (exact) mass is 617 g/mol. The third-order valence-electron chi connectivity index (χ3n) is 7.95. The van der Waals surface area contributed by atoms with Crippen molar-refractivity contribution in [1.82, 2.24) is 33.6 Å². The van der Waals surface area contributed by atoms with Crippen LogP contribution in [0.15, 0.2) is 36.9 Å². The topological polar surface area (TPSA) is 123 Å². The van der Waals surface area contributed by atoms with Gasteiger partial charge in [0.2, 0.25) is 16.0 Å². The number of anilines is 1. The fraction of sp³-hybridized carbons (Fsp3) is 0.500. The van der Waals surface area contributed by atoms with E-state index in [0.29, 0.717) is 37.2 Å². The smallest absolute Gasteiger partial charge is 0.351 e. The maximum atomic E-state index is 14.0. The van der Waals surface area contributed by atoms with Gasteiger partial charge in [-0.25, -0.2) is 27.7 Å². The van der Waals surface area contributed by atoms with Crippen LogP contribution in [0.25, 0.3) is 17.1 Å². The number of sulfonamides is 1. The van der Waals surface area contributed by atoms with Gasteiger partial charge in [0, 0.05) is 64.2 Å². The van der Waals surface area contributed by atoms with Gasteiger partial charge in [-0.2, -0.15) is 18.4 Å². The number of nitriles is 1. The van der Waals surface area contributed by atoms with Gasteiger partial charge in [0.15, 0.2) is 0 Å². The Balaban J connectivity index is 1.34. The fourth-order valence-electron chi connectivity index (χ4n) is 5.36. The van der Waals surface area contributed by atoms with E-state index in [-0.39, 0.29) is 23.4 Å². The van der Waals surface area contributed by atoms with E-state index in [1.54, 1.807) is 6.07 Å². The molecule has 15 heteroatoms. The predicted octanol–water partition coefficient (Wildman–Crippen LogP) is 2.85. The normalized spacial score (nSPS) is 18.0. The molecule has 0 spiro atoms. The molecule has 3 aromatic rings. The highest BCUT2D eigenvalue weighted by molar-refractivity contribution is 7.88. The Morgan fingerprint density at radius 3 is 2.47 bits per heavy atom. The van der Waals surface area contributed by atoms with E-state index in [1.807, 2.05) is 12.1 Å². The average molecular weight is 618 g/mol. The zero-order chi connectivity index (χ0) is 30.8. The van der Waals surface area contributed by atoms with Crippen LogP contribution in [0.3, 0.4) is 0 Å². The van der Waals surface area contributed by atoms with Crippen LogP contribution in [0.4, 0.5) is 19.1 Å². The Bertz CT molecular complexity index is 1590. The number of rotatable bonds is 8. The zero-order valence-electron chi connectivity index (χ0n) is 24.0. The number of alkyl halides is 3. The molecule has 1 N–H and O–H groups in total. The summed E-state index contributed by atoms with van der Waals surface area (Å²) < 4.78 is 68.3. The summed E-state index contributed by atoms with van der Waals surface area (Å²) >= 11 is 0. The van der Waals surface area contributed by atoms with Crippen molar-refractivity contribution in [3.8, 4) is 23.1 Å². The molecule has 2 aromatic heterocycles. The molecule has 2 saturated heterocycles. The van der Waals surface area contributed by atoms with Crippen LogP contribution in [-0.4, -0.2) is 107 Å². The molecule has 2 aliphatic rings. The Labute approximate surface area is 249 Å². The number of imidazole rings is 1. The fourth-order valence-corrected chi connectivity index (χ4v) is 6.23. The lowest BCUT2D eigenvalue weighted by molar-refractivity contribution is -0.137. The van der Waals surface area contributed by atoms with Crippen LogP contribution in [0, 0.1) is 11.3 Å². The van der Waals surface area contributed by atoms with Gasteiger partial charge in [-0.1, -0.05) is 6.07 Å². The Morgan fingerprint density at radius 2 is 1.81 bits per heavy atom. The van der Waals surface area contributed by atoms with Gasteiger partial charge >= 0.3 is 6.18 Å². The van der Waals surface area contributed by atoms with Crippen LogP contribution < -0.4 is 5.32 Å². The summed E-state index contributed by atoms with van der Waals surface area (Å²) in [4.78, 5) is 17.0. The molecule has 0 saturated carbocycles. The van der Waals surface area contributed by atoms with Crippen molar-refractivity contribution in [2.24, 2.45) is 0 Å². The second kappa shape index (κ2) is 12.6. The Kier molecular flexibility index (Phi) is 9.02. The van der Waals surface area contributed by atoms with Gasteiger partial charge in [0.25, 0.3) is 0 Å². The molecule has 0 atom stereocenters. The summed E-state index contributed by atoms with van der Waals surface area (Å²) in [6.45, 7) is 5.52. The molecule has 2 fully saturated rings. The van der Waals surface area contributed by atoms with Gasteiger partial charge in [-0.05, 0) is 44.0 Å². The number of hydrogen-bond acceptors (Lipinski definition) is 9. The first-order valence-corrected chi connectivity index (χ1v) is 15.9. The molecule has 0 unspecified atom stereocenters. The SMILES string of the molecule is CN1CCN(CCc2ccc(-n3cnc(-c4nc(NC5CCN(S(C)(=O)=O)CC5)ncc4C(F)(F)F)c3)c(C#N)c2)CC1. The van der Waals surface area contributed by atoms with E-state index in [0.717, 1.165) is 57.2 Å². The third-order valence-corrected chi connectivity index (χ3v) is 9.25. The number of nitrogens with zero attached hydrogens (tertiary/aromatic N) is 8. The number of nitrogens with one attached hydrogen (secondary N) is 1. The molecule has 0 aliphatic carbocycles. The van der Waals surface area contributed by atoms with Crippen molar-refractivity contribution < 1.29 is 21.6 Å². The highest BCUT2D eigenvalue weighted by atomic mass is 32.2. The van der Waals surface area contributed by atoms with Crippen molar-refractivity contribution in [2.75, 3.05) is 64.4 Å². The van der Waals surface area contributed by atoms with Crippen LogP contribution >= 0.6 is 0 Å². The Hall–Kier alpha value is -3.58. The predicted molar refractivity (Wildman–Crippen MR) is 155 cm³/mol. The summed E-state index contributed by atoms with van der Waals surface area (Å²) in [6, 6.07) is 7.52. The van der Waals surface area contributed by atoms with Crippen LogP contribution in [0.5, 0.6) is 0 Å². The van der Waals surface area contributed by atoms with Crippen molar-refractivity contribution in [3.05, 3.63) is 53.6 Å². The van der Waals surface area contributed by atoms with E-state index >= 15 is 0 Å². The Morgan fingerprint density at radius 1 is 1.09 bits per heavy atom. The minimum Gasteiger partial charge on any atom is -0.351 e. The first-order valence-electron chi connectivity index (χ1n) is 14.1. The maximum absolute atomic E-state index is 14.0. The van der Waals surface area contributed by atoms with E-state index < -0.39 is 21.8 Å². The summed E-state index contributed by atoms with van der Waals surface area (Å²) in [5.41, 5.74) is 0.458. The molecule has 0 bridgehead atoms. The summed E-state index contributed by atoms with van der Waals surface area (Å²) in [7, 11) is -1.20. The zero-order valence-corrected chi connectivity index (χ0v) is 24.9. The van der Waals surface area contributed by atoms with Gasteiger partial charge in [-0.15, -0.1) is 0 Å². The van der Waals surface area contributed by atoms with Crippen molar-refractivity contribution in [1.29, 1.82) is 5.26 Å². The lowest BCUT2D eigenvalue weighted by atomic mass is 10.1. The number of hydrogen-bond donors (Lipinski definition) is 1. The lowest BCUT2D eigenvalue weighted by Gasteiger charge is -2.32. The summed E-state index contributed by atoms with van der Waals surface area (Å²) in [5.74, 6) is -0.00206. The maximum Gasteiger partial charge on any atom is 0.420 e. The number of piperazine rings is 1. The molecule has 1 aromatic carbocycles. The van der Waals surface area contributed by atoms with Crippen LogP contribution in [0.2, 0.25) is 0 Å². The van der Waals surface area contributed by atoms with Gasteiger partial charge < -0.3 is 19.7 Å². The summed E-state index contributed by atoms with van der Waals surface area (Å²) in [6.07, 6.45) is 1.65. The second-order valence-electron chi connectivity index (χ2n) is 11.1. The van der Waals surface area contributed by atoms with E-state index in [4.69, 9.17) is 0 Å².